The SMILES string of the molecule is CC(C)C1CCCN(C(=O)OCC(F)(F)F)CC1. The van der Waals surface area contributed by atoms with E-state index in [1.807, 2.05) is 0 Å². The number of hydrogen-bond acceptors (Lipinski definition) is 2. The average molecular weight is 267 g/mol. The lowest BCUT2D eigenvalue weighted by molar-refractivity contribution is -0.162. The summed E-state index contributed by atoms with van der Waals surface area (Å²) in [5, 5.41) is 0. The quantitative estimate of drug-likeness (QED) is 0.767. The number of ether oxygens (including phenoxy) is 1. The van der Waals surface area contributed by atoms with Crippen LogP contribution in [-0.4, -0.2) is 36.9 Å². The second-order valence-electron chi connectivity index (χ2n) is 5.09. The molecule has 0 bridgehead atoms. The normalized spacial score (nSPS) is 21.9. The van der Waals surface area contributed by atoms with Crippen molar-refractivity contribution in [3.05, 3.63) is 0 Å². The van der Waals surface area contributed by atoms with Crippen LogP contribution in [0.1, 0.15) is 33.1 Å². The average Bonchev–Trinajstić information content (AvgIpc) is 2.50. The predicted molar refractivity (Wildman–Crippen MR) is 61.2 cm³/mol. The molecule has 1 fully saturated rings. The van der Waals surface area contributed by atoms with E-state index in [1.54, 1.807) is 0 Å². The van der Waals surface area contributed by atoms with Crippen molar-refractivity contribution in [1.82, 2.24) is 4.90 Å². The predicted octanol–water partition coefficient (Wildman–Crippen LogP) is 3.44. The largest absolute Gasteiger partial charge is 0.440 e. The first-order chi connectivity index (χ1) is 8.29. The monoisotopic (exact) mass is 267 g/mol. The van der Waals surface area contributed by atoms with Gasteiger partial charge in [-0.2, -0.15) is 13.2 Å². The van der Waals surface area contributed by atoms with Gasteiger partial charge in [0.1, 0.15) is 0 Å². The molecule has 0 aromatic carbocycles. The highest BCUT2D eigenvalue weighted by molar-refractivity contribution is 5.67. The molecule has 1 aliphatic rings. The third-order valence-corrected chi connectivity index (χ3v) is 3.33. The van der Waals surface area contributed by atoms with Gasteiger partial charge < -0.3 is 9.64 Å². The minimum atomic E-state index is -4.46. The van der Waals surface area contributed by atoms with Gasteiger partial charge in [0, 0.05) is 13.1 Å². The van der Waals surface area contributed by atoms with Crippen LogP contribution in [0.4, 0.5) is 18.0 Å². The molecule has 1 amide bonds. The molecule has 3 nitrogen and oxygen atoms in total. The highest BCUT2D eigenvalue weighted by Crippen LogP contribution is 2.25. The van der Waals surface area contributed by atoms with Crippen LogP contribution in [0.3, 0.4) is 0 Å². The van der Waals surface area contributed by atoms with E-state index in [0.717, 1.165) is 19.3 Å². The number of alkyl halides is 3. The Hall–Kier alpha value is -0.940. The number of likely N-dealkylation sites (tertiary alicyclic amines) is 1. The van der Waals surface area contributed by atoms with E-state index < -0.39 is 18.9 Å². The summed E-state index contributed by atoms with van der Waals surface area (Å²) in [5.74, 6) is 1.07. The first kappa shape index (κ1) is 15.1. The van der Waals surface area contributed by atoms with Gasteiger partial charge in [-0.15, -0.1) is 0 Å². The first-order valence-corrected chi connectivity index (χ1v) is 6.28. The number of halogens is 3. The molecule has 106 valence electrons. The van der Waals surface area contributed by atoms with Crippen molar-refractivity contribution >= 4 is 6.09 Å². The van der Waals surface area contributed by atoms with Crippen molar-refractivity contribution in [3.8, 4) is 0 Å². The van der Waals surface area contributed by atoms with Crippen molar-refractivity contribution in [3.63, 3.8) is 0 Å². The fourth-order valence-electron chi connectivity index (χ4n) is 2.21. The Bertz CT molecular complexity index is 279. The minimum Gasteiger partial charge on any atom is -0.440 e. The number of amides is 1. The molecule has 0 aliphatic carbocycles. The summed E-state index contributed by atoms with van der Waals surface area (Å²) in [6, 6.07) is 0. The molecule has 0 saturated carbocycles. The number of carbonyl (C=O) groups excluding carboxylic acids is 1. The molecule has 1 aliphatic heterocycles. The van der Waals surface area contributed by atoms with Gasteiger partial charge in [0.05, 0.1) is 0 Å². The van der Waals surface area contributed by atoms with Crippen molar-refractivity contribution in [2.75, 3.05) is 19.7 Å². The maximum absolute atomic E-state index is 11.9. The third kappa shape index (κ3) is 5.14. The highest BCUT2D eigenvalue weighted by Gasteiger charge is 2.31. The summed E-state index contributed by atoms with van der Waals surface area (Å²) >= 11 is 0. The Morgan fingerprint density at radius 2 is 2.00 bits per heavy atom. The summed E-state index contributed by atoms with van der Waals surface area (Å²) in [6.07, 6.45) is -2.64. The molecule has 1 heterocycles. The second kappa shape index (κ2) is 6.29. The molecule has 1 saturated heterocycles. The zero-order valence-electron chi connectivity index (χ0n) is 10.8. The van der Waals surface area contributed by atoms with Gasteiger partial charge in [0.15, 0.2) is 6.61 Å². The number of hydrogen-bond donors (Lipinski definition) is 0. The summed E-state index contributed by atoms with van der Waals surface area (Å²) in [4.78, 5) is 12.9. The van der Waals surface area contributed by atoms with E-state index >= 15 is 0 Å². The smallest absolute Gasteiger partial charge is 0.422 e. The van der Waals surface area contributed by atoms with Gasteiger partial charge in [-0.05, 0) is 31.1 Å². The Balaban J connectivity index is 2.40. The summed E-state index contributed by atoms with van der Waals surface area (Å²) in [6.45, 7) is 3.72. The van der Waals surface area contributed by atoms with E-state index in [1.165, 1.54) is 4.90 Å². The molecule has 1 rings (SSSR count). The Kier molecular flexibility index (Phi) is 5.28. The van der Waals surface area contributed by atoms with Gasteiger partial charge in [-0.3, -0.25) is 0 Å². The zero-order chi connectivity index (χ0) is 13.8. The maximum atomic E-state index is 11.9. The van der Waals surface area contributed by atoms with Crippen molar-refractivity contribution in [2.45, 2.75) is 39.3 Å². The maximum Gasteiger partial charge on any atom is 0.422 e. The van der Waals surface area contributed by atoms with Crippen LogP contribution in [0.2, 0.25) is 0 Å². The standard InChI is InChI=1S/C12H20F3NO2/c1-9(2)10-4-3-6-16(7-5-10)11(17)18-8-12(13,14)15/h9-10H,3-8H2,1-2H3. The van der Waals surface area contributed by atoms with Crippen LogP contribution in [0, 0.1) is 11.8 Å². The number of nitrogens with zero attached hydrogens (tertiary/aromatic N) is 1. The van der Waals surface area contributed by atoms with Crippen LogP contribution >= 0.6 is 0 Å². The van der Waals surface area contributed by atoms with Gasteiger partial charge in [-0.25, -0.2) is 4.79 Å². The van der Waals surface area contributed by atoms with Crippen LogP contribution in [0.5, 0.6) is 0 Å². The summed E-state index contributed by atoms with van der Waals surface area (Å²) < 4.78 is 40.1. The number of rotatable bonds is 2. The molecule has 0 aromatic heterocycles. The number of carbonyl (C=O) groups is 1. The van der Waals surface area contributed by atoms with E-state index in [9.17, 15) is 18.0 Å². The lowest BCUT2D eigenvalue weighted by atomic mass is 9.89. The topological polar surface area (TPSA) is 29.5 Å². The lowest BCUT2D eigenvalue weighted by Crippen LogP contribution is -2.35. The van der Waals surface area contributed by atoms with Crippen LogP contribution in [0.25, 0.3) is 0 Å². The molecule has 1 atom stereocenters. The lowest BCUT2D eigenvalue weighted by Gasteiger charge is -2.21. The molecular formula is C12H20F3NO2. The van der Waals surface area contributed by atoms with Gasteiger partial charge in [0.2, 0.25) is 0 Å². The summed E-state index contributed by atoms with van der Waals surface area (Å²) in [5.41, 5.74) is 0. The van der Waals surface area contributed by atoms with E-state index in [0.29, 0.717) is 24.9 Å². The molecule has 0 N–H and O–H groups in total. The Labute approximate surface area is 105 Å². The molecule has 0 spiro atoms. The Morgan fingerprint density at radius 3 is 2.56 bits per heavy atom. The summed E-state index contributed by atoms with van der Waals surface area (Å²) in [7, 11) is 0. The molecular weight excluding hydrogens is 247 g/mol. The molecule has 0 aromatic rings. The fourth-order valence-corrected chi connectivity index (χ4v) is 2.21. The van der Waals surface area contributed by atoms with Crippen LogP contribution in [-0.2, 0) is 4.74 Å². The first-order valence-electron chi connectivity index (χ1n) is 6.28. The van der Waals surface area contributed by atoms with E-state index in [-0.39, 0.29) is 0 Å². The van der Waals surface area contributed by atoms with Crippen molar-refractivity contribution in [1.29, 1.82) is 0 Å². The van der Waals surface area contributed by atoms with Crippen molar-refractivity contribution in [2.24, 2.45) is 11.8 Å². The molecule has 0 radical (unpaired) electrons. The van der Waals surface area contributed by atoms with Crippen LogP contribution in [0.15, 0.2) is 0 Å². The van der Waals surface area contributed by atoms with Crippen molar-refractivity contribution < 1.29 is 22.7 Å². The highest BCUT2D eigenvalue weighted by atomic mass is 19.4. The zero-order valence-corrected chi connectivity index (χ0v) is 10.8. The third-order valence-electron chi connectivity index (χ3n) is 3.33. The minimum absolute atomic E-state index is 0.486. The Morgan fingerprint density at radius 1 is 1.33 bits per heavy atom. The fraction of sp³-hybridized carbons (Fsp3) is 0.917. The molecule has 6 heteroatoms. The van der Waals surface area contributed by atoms with Gasteiger partial charge >= 0.3 is 12.3 Å². The van der Waals surface area contributed by atoms with E-state index in [4.69, 9.17) is 0 Å². The molecule has 18 heavy (non-hydrogen) atoms. The second-order valence-corrected chi connectivity index (χ2v) is 5.09. The van der Waals surface area contributed by atoms with E-state index in [2.05, 4.69) is 18.6 Å². The van der Waals surface area contributed by atoms with Gasteiger partial charge in [0.25, 0.3) is 0 Å². The molecule has 1 unspecified atom stereocenters. The van der Waals surface area contributed by atoms with Gasteiger partial charge in [-0.1, -0.05) is 13.8 Å². The van der Waals surface area contributed by atoms with Crippen LogP contribution < -0.4 is 0 Å².